The lowest BCUT2D eigenvalue weighted by molar-refractivity contribution is -0.147. The Kier molecular flexibility index (Phi) is 16.2. The number of carbonyl (C=O) groups is 5. The number of aliphatic hydroxyl groups excluding tert-OH is 1. The van der Waals surface area contributed by atoms with Crippen molar-refractivity contribution < 1.29 is 62.2 Å². The average molecular weight is 866 g/mol. The number of aliphatic hydroxyl groups is 1. The van der Waals surface area contributed by atoms with Crippen LogP contribution in [0.4, 0.5) is 9.59 Å². The Morgan fingerprint density at radius 3 is 1.68 bits per heavy atom. The van der Waals surface area contributed by atoms with Crippen molar-refractivity contribution in [3.63, 3.8) is 0 Å². The van der Waals surface area contributed by atoms with Gasteiger partial charge < -0.3 is 43.6 Å². The van der Waals surface area contributed by atoms with Crippen LogP contribution in [0.3, 0.4) is 0 Å². The lowest BCUT2D eigenvalue weighted by atomic mass is 9.90. The van der Waals surface area contributed by atoms with Gasteiger partial charge in [-0.15, -0.1) is 6.58 Å². The first-order chi connectivity index (χ1) is 29.4. The number of nitrogens with zero attached hydrogens (tertiary/aromatic N) is 2. The summed E-state index contributed by atoms with van der Waals surface area (Å²) in [6, 6.07) is 17.0. The molecular weight excluding hydrogens is 803 g/mol. The molecule has 5 heterocycles. The van der Waals surface area contributed by atoms with Crippen molar-refractivity contribution in [2.45, 2.75) is 115 Å². The largest absolute Gasteiger partial charge is 0.468 e. The minimum absolute atomic E-state index is 0.0331. The molecule has 2 amide bonds. The molecule has 5 saturated heterocycles. The maximum absolute atomic E-state index is 12.5. The van der Waals surface area contributed by atoms with Gasteiger partial charge in [0.15, 0.2) is 0 Å². The first-order valence-corrected chi connectivity index (χ1v) is 21.0. The van der Waals surface area contributed by atoms with E-state index in [4.69, 9.17) is 33.2 Å². The van der Waals surface area contributed by atoms with E-state index < -0.39 is 48.2 Å². The Morgan fingerprint density at radius 1 is 0.710 bits per heavy atom. The van der Waals surface area contributed by atoms with Gasteiger partial charge >= 0.3 is 30.1 Å². The first kappa shape index (κ1) is 48.0. The Labute approximate surface area is 364 Å². The van der Waals surface area contributed by atoms with E-state index in [-0.39, 0.29) is 67.0 Å². The summed E-state index contributed by atoms with van der Waals surface area (Å²) in [6.07, 6.45) is 0.105. The third-order valence-corrected chi connectivity index (χ3v) is 11.9. The molecule has 16 heteroatoms. The molecule has 0 radical (unpaired) electrons. The molecule has 7 rings (SSSR count). The normalized spacial score (nSPS) is 28.5. The van der Waals surface area contributed by atoms with Crippen LogP contribution in [0.1, 0.15) is 65.0 Å². The van der Waals surface area contributed by atoms with Crippen LogP contribution in [-0.4, -0.2) is 134 Å². The van der Waals surface area contributed by atoms with Gasteiger partial charge in [-0.05, 0) is 65.0 Å². The Morgan fingerprint density at radius 2 is 1.18 bits per heavy atom. The van der Waals surface area contributed by atoms with Gasteiger partial charge in [0.1, 0.15) is 31.3 Å². The van der Waals surface area contributed by atoms with Crippen molar-refractivity contribution in [3.8, 4) is 0 Å². The van der Waals surface area contributed by atoms with E-state index in [1.54, 1.807) is 0 Å². The second kappa shape index (κ2) is 20.9. The highest BCUT2D eigenvalue weighted by atomic mass is 16.6. The van der Waals surface area contributed by atoms with Crippen molar-refractivity contribution in [2.75, 3.05) is 41.0 Å². The lowest BCUT2D eigenvalue weighted by Crippen LogP contribution is -2.45. The predicted octanol–water partition coefficient (Wildman–Crippen LogP) is 4.80. The molecule has 8 unspecified atom stereocenters. The number of rotatable bonds is 9. The zero-order valence-corrected chi connectivity index (χ0v) is 37.1. The number of fused-ring (bicyclic) bond motifs is 2. The van der Waals surface area contributed by atoms with Crippen LogP contribution in [-0.2, 0) is 60.8 Å². The number of esters is 3. The zero-order chi connectivity index (χ0) is 45.4. The molecule has 0 bridgehead atoms. The summed E-state index contributed by atoms with van der Waals surface area (Å²) in [7, 11) is 4.03. The maximum atomic E-state index is 12.5. The molecule has 5 aliphatic rings. The fourth-order valence-corrected chi connectivity index (χ4v) is 9.19. The van der Waals surface area contributed by atoms with E-state index >= 15 is 0 Å². The molecule has 0 saturated carbocycles. The summed E-state index contributed by atoms with van der Waals surface area (Å²) in [5.41, 5.74) is 2.19. The van der Waals surface area contributed by atoms with Gasteiger partial charge in [0.25, 0.3) is 0 Å². The van der Waals surface area contributed by atoms with Crippen LogP contribution in [0.15, 0.2) is 72.8 Å². The lowest BCUT2D eigenvalue weighted by Gasteiger charge is -2.27. The summed E-state index contributed by atoms with van der Waals surface area (Å²) in [6.45, 7) is 15.2. The second-order valence-electron chi connectivity index (χ2n) is 17.7. The zero-order valence-electron chi connectivity index (χ0n) is 37.1. The number of carbonyl (C=O) groups excluding carboxylic acids is 5. The predicted molar refractivity (Wildman–Crippen MR) is 225 cm³/mol. The Bertz CT molecular complexity index is 1880. The van der Waals surface area contributed by atoms with Crippen molar-refractivity contribution in [2.24, 2.45) is 17.8 Å². The summed E-state index contributed by atoms with van der Waals surface area (Å²) in [5.74, 6) is -1.37. The van der Waals surface area contributed by atoms with Gasteiger partial charge in [0.05, 0.1) is 63.9 Å². The monoisotopic (exact) mass is 865 g/mol. The van der Waals surface area contributed by atoms with Crippen molar-refractivity contribution >= 4 is 30.1 Å². The molecular formula is C46H63N3O13. The molecule has 5 fully saturated rings. The average Bonchev–Trinajstić information content (AvgIpc) is 4.03. The summed E-state index contributed by atoms with van der Waals surface area (Å²) < 4.78 is 36.9. The van der Waals surface area contributed by atoms with Gasteiger partial charge in [0.2, 0.25) is 0 Å². The van der Waals surface area contributed by atoms with Crippen LogP contribution >= 0.6 is 0 Å². The number of likely N-dealkylation sites (tertiary alicyclic amines) is 2. The van der Waals surface area contributed by atoms with E-state index in [1.807, 2.05) is 81.4 Å². The Hall–Kier alpha value is -5.03. The molecule has 5 aliphatic heterocycles. The molecule has 9 atom stereocenters. The van der Waals surface area contributed by atoms with Crippen molar-refractivity contribution in [1.82, 2.24) is 15.1 Å². The number of ether oxygens (including phenoxy) is 7. The van der Waals surface area contributed by atoms with Gasteiger partial charge in [-0.25, -0.2) is 19.2 Å². The fourth-order valence-electron chi connectivity index (χ4n) is 9.19. The first-order valence-electron chi connectivity index (χ1n) is 21.0. The van der Waals surface area contributed by atoms with Gasteiger partial charge in [-0.2, -0.15) is 0 Å². The third-order valence-electron chi connectivity index (χ3n) is 11.9. The highest BCUT2D eigenvalue weighted by molar-refractivity contribution is 5.83. The van der Waals surface area contributed by atoms with Crippen molar-refractivity contribution in [3.05, 3.63) is 83.9 Å². The molecule has 0 spiro atoms. The van der Waals surface area contributed by atoms with Crippen molar-refractivity contribution in [1.29, 1.82) is 0 Å². The molecule has 2 N–H and O–H groups in total. The molecule has 2 aromatic rings. The quantitative estimate of drug-likeness (QED) is 0.199. The van der Waals surface area contributed by atoms with Crippen LogP contribution in [0.25, 0.3) is 0 Å². The van der Waals surface area contributed by atoms with Gasteiger partial charge in [-0.3, -0.25) is 14.6 Å². The number of β-amino-alcohol motifs (C(OH)–C–C–N with tert-alkyl or cyclic N) is 1. The number of hydrogen-bond donors (Lipinski definition) is 2. The topological polar surface area (TPSA) is 189 Å². The number of allylic oxidation sites excluding steroid dienone is 1. The van der Waals surface area contributed by atoms with E-state index in [2.05, 4.69) is 25.7 Å². The summed E-state index contributed by atoms with van der Waals surface area (Å²) in [4.78, 5) is 63.3. The highest BCUT2D eigenvalue weighted by Gasteiger charge is 2.56. The number of methoxy groups -OCH3 is 3. The van der Waals surface area contributed by atoms with E-state index in [1.165, 1.54) is 31.1 Å². The highest BCUT2D eigenvalue weighted by Crippen LogP contribution is 2.43. The van der Waals surface area contributed by atoms with Crippen LogP contribution in [0.2, 0.25) is 0 Å². The van der Waals surface area contributed by atoms with E-state index in [9.17, 15) is 29.1 Å². The van der Waals surface area contributed by atoms with E-state index in [0.29, 0.717) is 19.4 Å². The molecule has 0 aliphatic carbocycles. The number of benzene rings is 2. The smallest absolute Gasteiger partial charge is 0.410 e. The van der Waals surface area contributed by atoms with Crippen LogP contribution in [0.5, 0.6) is 0 Å². The van der Waals surface area contributed by atoms with Gasteiger partial charge in [-0.1, -0.05) is 66.2 Å². The molecule has 0 aromatic heterocycles. The summed E-state index contributed by atoms with van der Waals surface area (Å²) >= 11 is 0. The molecule has 16 nitrogen and oxygen atoms in total. The second-order valence-corrected chi connectivity index (χ2v) is 17.7. The molecule has 2 aromatic carbocycles. The summed E-state index contributed by atoms with van der Waals surface area (Å²) in [5, 5.41) is 13.4. The van der Waals surface area contributed by atoms with Gasteiger partial charge in [0, 0.05) is 24.3 Å². The Balaban J connectivity index is 0.000000182. The molecule has 62 heavy (non-hydrogen) atoms. The fraction of sp³-hybridized carbons (Fsp3) is 0.587. The number of nitrogens with one attached hydrogen (secondary N) is 1. The minimum atomic E-state index is -0.870. The number of amides is 2. The molecule has 340 valence electrons. The van der Waals surface area contributed by atoms with E-state index in [0.717, 1.165) is 29.7 Å². The maximum Gasteiger partial charge on any atom is 0.410 e. The minimum Gasteiger partial charge on any atom is -0.468 e. The SMILES string of the molecule is C=C(C)CC1C(C(=O)OC)N(C(=O)OCc2ccccc2)C[C@@H]1O.COC(=O)C1C2CC(C)(C)OC2CN1C(=O)OCc1ccccc1.COC(=O)C1NCC2OC(C)(C)CC21. The number of hydrogen-bond acceptors (Lipinski definition) is 14. The van der Waals surface area contributed by atoms with Crippen LogP contribution in [0, 0.1) is 17.8 Å². The standard InChI is InChI=1S/2C18H23NO5.C10H17NO3/c1-18(2)9-13-14(24-18)10-19(15(13)16(20)22-3)17(21)23-11-12-7-5-4-6-8-12;1-12(2)9-14-15(20)10-19(16(14)17(21)23-3)18(22)24-11-13-7-5-4-6-8-13;1-10(2)4-6-7(14-10)5-11-8(6)9(12)13-3/h4-8,13-15H,9-11H2,1-3H3;4-8,14-16,20H,1,9-11H2,2-3H3;6-8,11H,4-5H2,1-3H3/t;14?,15-,16?;/m.0./s1. The third kappa shape index (κ3) is 11.9. The van der Waals surface area contributed by atoms with Crippen LogP contribution < -0.4 is 5.32 Å².